The summed E-state index contributed by atoms with van der Waals surface area (Å²) in [5.41, 5.74) is 1.90. The zero-order chi connectivity index (χ0) is 9.10. The lowest BCUT2D eigenvalue weighted by atomic mass is 10.2. The molecule has 0 aliphatic heterocycles. The Labute approximate surface area is 76.5 Å². The number of rotatable bonds is 2. The second kappa shape index (κ2) is 3.27. The Balaban J connectivity index is 2.41. The van der Waals surface area contributed by atoms with Gasteiger partial charge in [-0.05, 0) is 6.08 Å². The molecule has 1 aromatic carbocycles. The maximum absolute atomic E-state index is 5.14. The lowest BCUT2D eigenvalue weighted by molar-refractivity contribution is 0.547. The Hall–Kier alpha value is -1.83. The summed E-state index contributed by atoms with van der Waals surface area (Å²) in [5.74, 6) is 0.554. The predicted octanol–water partition coefficient (Wildman–Crippen LogP) is 2.98. The summed E-state index contributed by atoms with van der Waals surface area (Å²) in [7, 11) is 0. The Morgan fingerprint density at radius 3 is 2.62 bits per heavy atom. The molecule has 0 N–H and O–H groups in total. The van der Waals surface area contributed by atoms with Crippen LogP contribution in [0.2, 0.25) is 0 Å². The lowest BCUT2D eigenvalue weighted by Gasteiger charge is -1.91. The molecule has 0 spiro atoms. The number of nitrogens with zero attached hydrogens (tertiary/aromatic N) is 1. The van der Waals surface area contributed by atoms with E-state index in [1.54, 1.807) is 12.3 Å². The van der Waals surface area contributed by atoms with Crippen LogP contribution in [0.1, 0.15) is 5.89 Å². The maximum atomic E-state index is 5.14. The van der Waals surface area contributed by atoms with E-state index in [-0.39, 0.29) is 0 Å². The molecule has 0 amide bonds. The van der Waals surface area contributed by atoms with Gasteiger partial charge in [0, 0.05) is 5.56 Å². The quantitative estimate of drug-likeness (QED) is 0.694. The molecule has 0 fully saturated rings. The van der Waals surface area contributed by atoms with Gasteiger partial charge in [-0.1, -0.05) is 36.9 Å². The molecule has 0 aliphatic carbocycles. The van der Waals surface area contributed by atoms with Crippen molar-refractivity contribution in [3.63, 3.8) is 0 Å². The van der Waals surface area contributed by atoms with Gasteiger partial charge in [0.1, 0.15) is 12.0 Å². The molecular formula is C11H9NO. The highest BCUT2D eigenvalue weighted by Crippen LogP contribution is 2.17. The normalized spacial score (nSPS) is 9.85. The SMILES string of the molecule is C=Cc1nc(-c2ccccc2)co1. The molecule has 2 aromatic rings. The van der Waals surface area contributed by atoms with Crippen molar-refractivity contribution < 1.29 is 4.42 Å². The summed E-state index contributed by atoms with van der Waals surface area (Å²) in [6, 6.07) is 9.89. The van der Waals surface area contributed by atoms with Crippen LogP contribution in [-0.4, -0.2) is 4.98 Å². The van der Waals surface area contributed by atoms with Gasteiger partial charge < -0.3 is 4.42 Å². The molecule has 64 valence electrons. The van der Waals surface area contributed by atoms with E-state index < -0.39 is 0 Å². The van der Waals surface area contributed by atoms with Gasteiger partial charge in [-0.2, -0.15) is 0 Å². The number of hydrogen-bond acceptors (Lipinski definition) is 2. The average molecular weight is 171 g/mol. The van der Waals surface area contributed by atoms with E-state index >= 15 is 0 Å². The summed E-state index contributed by atoms with van der Waals surface area (Å²) in [5, 5.41) is 0. The highest BCUT2D eigenvalue weighted by molar-refractivity contribution is 5.58. The van der Waals surface area contributed by atoms with Crippen LogP contribution in [0.3, 0.4) is 0 Å². The van der Waals surface area contributed by atoms with Gasteiger partial charge in [-0.3, -0.25) is 0 Å². The molecule has 13 heavy (non-hydrogen) atoms. The molecule has 0 atom stereocenters. The zero-order valence-electron chi connectivity index (χ0n) is 7.10. The van der Waals surface area contributed by atoms with Crippen LogP contribution in [0.25, 0.3) is 17.3 Å². The Morgan fingerprint density at radius 2 is 2.00 bits per heavy atom. The molecule has 0 unspecified atom stereocenters. The fraction of sp³-hybridized carbons (Fsp3) is 0. The van der Waals surface area contributed by atoms with Crippen molar-refractivity contribution in [1.29, 1.82) is 0 Å². The van der Waals surface area contributed by atoms with Crippen molar-refractivity contribution in [2.75, 3.05) is 0 Å². The van der Waals surface area contributed by atoms with Crippen molar-refractivity contribution >= 4 is 6.08 Å². The molecular weight excluding hydrogens is 162 g/mol. The number of hydrogen-bond donors (Lipinski definition) is 0. The van der Waals surface area contributed by atoms with Crippen LogP contribution in [0.4, 0.5) is 0 Å². The molecule has 2 rings (SSSR count). The van der Waals surface area contributed by atoms with Crippen molar-refractivity contribution in [1.82, 2.24) is 4.98 Å². The van der Waals surface area contributed by atoms with E-state index in [0.717, 1.165) is 11.3 Å². The number of oxazole rings is 1. The van der Waals surface area contributed by atoms with Crippen molar-refractivity contribution in [2.45, 2.75) is 0 Å². The fourth-order valence-electron chi connectivity index (χ4n) is 1.12. The molecule has 0 aliphatic rings. The van der Waals surface area contributed by atoms with Gasteiger partial charge >= 0.3 is 0 Å². The van der Waals surface area contributed by atoms with Crippen molar-refractivity contribution in [3.8, 4) is 11.3 Å². The highest BCUT2D eigenvalue weighted by Gasteiger charge is 2.01. The zero-order valence-corrected chi connectivity index (χ0v) is 7.10. The summed E-state index contributed by atoms with van der Waals surface area (Å²) < 4.78 is 5.14. The van der Waals surface area contributed by atoms with Crippen LogP contribution in [0, 0.1) is 0 Å². The van der Waals surface area contributed by atoms with Crippen LogP contribution in [0.5, 0.6) is 0 Å². The Morgan fingerprint density at radius 1 is 1.23 bits per heavy atom. The van der Waals surface area contributed by atoms with Gasteiger partial charge in [-0.15, -0.1) is 0 Å². The van der Waals surface area contributed by atoms with E-state index in [4.69, 9.17) is 4.42 Å². The summed E-state index contributed by atoms with van der Waals surface area (Å²) in [4.78, 5) is 4.21. The summed E-state index contributed by atoms with van der Waals surface area (Å²) in [6.45, 7) is 3.58. The first-order chi connectivity index (χ1) is 6.40. The molecule has 0 bridgehead atoms. The summed E-state index contributed by atoms with van der Waals surface area (Å²) >= 11 is 0. The van der Waals surface area contributed by atoms with Gasteiger partial charge in [0.2, 0.25) is 5.89 Å². The average Bonchev–Trinajstić information content (AvgIpc) is 2.67. The van der Waals surface area contributed by atoms with E-state index in [0.29, 0.717) is 5.89 Å². The first kappa shape index (κ1) is 7.80. The molecule has 2 nitrogen and oxygen atoms in total. The minimum absolute atomic E-state index is 0.554. The molecule has 1 heterocycles. The minimum atomic E-state index is 0.554. The van der Waals surface area contributed by atoms with Crippen LogP contribution in [-0.2, 0) is 0 Å². The van der Waals surface area contributed by atoms with Crippen LogP contribution in [0.15, 0.2) is 47.6 Å². The van der Waals surface area contributed by atoms with E-state index in [1.165, 1.54) is 0 Å². The lowest BCUT2D eigenvalue weighted by Crippen LogP contribution is -1.76. The van der Waals surface area contributed by atoms with Crippen LogP contribution < -0.4 is 0 Å². The van der Waals surface area contributed by atoms with E-state index in [2.05, 4.69) is 11.6 Å². The van der Waals surface area contributed by atoms with Gasteiger partial charge in [-0.25, -0.2) is 4.98 Å². The van der Waals surface area contributed by atoms with Crippen molar-refractivity contribution in [3.05, 3.63) is 49.1 Å². The Bertz CT molecular complexity index is 403. The van der Waals surface area contributed by atoms with E-state index in [9.17, 15) is 0 Å². The molecule has 2 heteroatoms. The van der Waals surface area contributed by atoms with Gasteiger partial charge in [0.25, 0.3) is 0 Å². The second-order valence-electron chi connectivity index (χ2n) is 2.64. The van der Waals surface area contributed by atoms with Gasteiger partial charge in [0.15, 0.2) is 0 Å². The Kier molecular flexibility index (Phi) is 1.96. The largest absolute Gasteiger partial charge is 0.444 e. The molecule has 0 radical (unpaired) electrons. The second-order valence-corrected chi connectivity index (χ2v) is 2.64. The van der Waals surface area contributed by atoms with E-state index in [1.807, 2.05) is 30.3 Å². The molecule has 0 saturated carbocycles. The fourth-order valence-corrected chi connectivity index (χ4v) is 1.12. The number of benzene rings is 1. The topological polar surface area (TPSA) is 26.0 Å². The molecule has 1 aromatic heterocycles. The first-order valence-electron chi connectivity index (χ1n) is 4.03. The van der Waals surface area contributed by atoms with Crippen molar-refractivity contribution in [2.24, 2.45) is 0 Å². The first-order valence-corrected chi connectivity index (χ1v) is 4.03. The monoisotopic (exact) mass is 171 g/mol. The van der Waals surface area contributed by atoms with Gasteiger partial charge in [0.05, 0.1) is 0 Å². The maximum Gasteiger partial charge on any atom is 0.218 e. The predicted molar refractivity (Wildman–Crippen MR) is 52.0 cm³/mol. The molecule has 0 saturated heterocycles. The summed E-state index contributed by atoms with van der Waals surface area (Å²) in [6.07, 6.45) is 3.22. The number of aromatic nitrogens is 1. The highest BCUT2D eigenvalue weighted by atomic mass is 16.3. The smallest absolute Gasteiger partial charge is 0.218 e. The minimum Gasteiger partial charge on any atom is -0.444 e. The van der Waals surface area contributed by atoms with Crippen LogP contribution >= 0.6 is 0 Å². The standard InChI is InChI=1S/C11H9NO/c1-2-11-12-10(8-13-11)9-6-4-3-5-7-9/h2-8H,1H2. The third-order valence-corrected chi connectivity index (χ3v) is 1.77. The third-order valence-electron chi connectivity index (χ3n) is 1.77. The third kappa shape index (κ3) is 1.51.